The Morgan fingerprint density at radius 1 is 1.19 bits per heavy atom. The lowest BCUT2D eigenvalue weighted by atomic mass is 10.2. The van der Waals surface area contributed by atoms with Gasteiger partial charge in [-0.25, -0.2) is 4.39 Å². The summed E-state index contributed by atoms with van der Waals surface area (Å²) in [5.74, 6) is -0.150. The van der Waals surface area contributed by atoms with Gasteiger partial charge in [-0.1, -0.05) is 42.1 Å². The van der Waals surface area contributed by atoms with Gasteiger partial charge in [0.05, 0.1) is 17.9 Å². The quantitative estimate of drug-likeness (QED) is 0.610. The Balaban J connectivity index is 1.93. The average molecular weight is 386 g/mol. The molecule has 0 bridgehead atoms. The zero-order valence-corrected chi connectivity index (χ0v) is 15.5. The minimum absolute atomic E-state index is 0.104. The Morgan fingerprint density at radius 2 is 1.89 bits per heavy atom. The monoisotopic (exact) mass is 386 g/mol. The van der Waals surface area contributed by atoms with E-state index in [-0.39, 0.29) is 24.3 Å². The van der Waals surface area contributed by atoms with Gasteiger partial charge in [-0.15, -0.1) is 10.2 Å². The summed E-state index contributed by atoms with van der Waals surface area (Å²) in [7, 11) is 0. The van der Waals surface area contributed by atoms with Crippen molar-refractivity contribution in [3.8, 4) is 17.1 Å². The van der Waals surface area contributed by atoms with Gasteiger partial charge in [-0.2, -0.15) is 0 Å². The Bertz CT molecular complexity index is 917. The van der Waals surface area contributed by atoms with Crippen LogP contribution in [0.4, 0.5) is 4.39 Å². The first-order valence-electron chi connectivity index (χ1n) is 8.39. The molecule has 0 aliphatic rings. The van der Waals surface area contributed by atoms with Crippen molar-refractivity contribution in [1.29, 1.82) is 0 Å². The van der Waals surface area contributed by atoms with E-state index in [1.165, 1.54) is 17.8 Å². The van der Waals surface area contributed by atoms with Crippen LogP contribution in [0, 0.1) is 5.82 Å². The van der Waals surface area contributed by atoms with Gasteiger partial charge in [0.15, 0.2) is 11.0 Å². The molecule has 3 rings (SSSR count). The molecule has 1 amide bonds. The summed E-state index contributed by atoms with van der Waals surface area (Å²) >= 11 is 1.20. The van der Waals surface area contributed by atoms with E-state index in [0.717, 1.165) is 5.69 Å². The lowest BCUT2D eigenvalue weighted by Crippen LogP contribution is -2.36. The van der Waals surface area contributed by atoms with Gasteiger partial charge in [0.1, 0.15) is 5.82 Å². The molecule has 0 radical (unpaired) electrons. The van der Waals surface area contributed by atoms with Crippen LogP contribution in [-0.4, -0.2) is 44.2 Å². The molecule has 0 spiro atoms. The first-order valence-corrected chi connectivity index (χ1v) is 9.37. The number of hydrogen-bond donors (Lipinski definition) is 2. The standard InChI is InChI=1S/C19H19FN4O2S/c1-13(11-25)21-17(26)12-27-19-23-22-18(15-9-5-6-10-16(15)20)24(19)14-7-3-2-4-8-14/h2-10,13,25H,11-12H2,1H3,(H,21,26). The molecular weight excluding hydrogens is 367 g/mol. The van der Waals surface area contributed by atoms with Crippen LogP contribution in [0.1, 0.15) is 6.92 Å². The molecule has 6 nitrogen and oxygen atoms in total. The van der Waals surface area contributed by atoms with E-state index < -0.39 is 5.82 Å². The molecular formula is C19H19FN4O2S. The lowest BCUT2D eigenvalue weighted by Gasteiger charge is -2.12. The molecule has 1 unspecified atom stereocenters. The predicted molar refractivity (Wildman–Crippen MR) is 102 cm³/mol. The van der Waals surface area contributed by atoms with Gasteiger partial charge < -0.3 is 10.4 Å². The summed E-state index contributed by atoms with van der Waals surface area (Å²) in [5.41, 5.74) is 1.10. The number of halogens is 1. The first-order chi connectivity index (χ1) is 13.1. The second kappa shape index (κ2) is 8.79. The maximum absolute atomic E-state index is 14.3. The summed E-state index contributed by atoms with van der Waals surface area (Å²) in [4.78, 5) is 12.0. The second-order valence-electron chi connectivity index (χ2n) is 5.90. The molecule has 2 aromatic carbocycles. The Morgan fingerprint density at radius 3 is 2.59 bits per heavy atom. The molecule has 1 atom stereocenters. The number of aliphatic hydroxyl groups is 1. The van der Waals surface area contributed by atoms with Crippen molar-refractivity contribution in [2.75, 3.05) is 12.4 Å². The third-order valence-electron chi connectivity index (χ3n) is 3.78. The molecule has 8 heteroatoms. The number of rotatable bonds is 7. The number of carbonyl (C=O) groups excluding carboxylic acids is 1. The van der Waals surface area contributed by atoms with Crippen LogP contribution < -0.4 is 5.32 Å². The normalized spacial score (nSPS) is 12.0. The summed E-state index contributed by atoms with van der Waals surface area (Å²) in [6.07, 6.45) is 0. The van der Waals surface area contributed by atoms with Crippen LogP contribution >= 0.6 is 11.8 Å². The fourth-order valence-electron chi connectivity index (χ4n) is 2.48. The number of carbonyl (C=O) groups is 1. The highest BCUT2D eigenvalue weighted by atomic mass is 32.2. The lowest BCUT2D eigenvalue weighted by molar-refractivity contribution is -0.119. The van der Waals surface area contributed by atoms with E-state index in [1.54, 1.807) is 29.7 Å². The number of hydrogen-bond acceptors (Lipinski definition) is 5. The summed E-state index contributed by atoms with van der Waals surface area (Å²) in [6.45, 7) is 1.58. The summed E-state index contributed by atoms with van der Waals surface area (Å²) < 4.78 is 16.0. The van der Waals surface area contributed by atoms with Gasteiger partial charge in [-0.3, -0.25) is 9.36 Å². The number of amides is 1. The summed E-state index contributed by atoms with van der Waals surface area (Å²) in [5, 5.41) is 20.5. The largest absolute Gasteiger partial charge is 0.394 e. The SMILES string of the molecule is CC(CO)NC(=O)CSc1nnc(-c2ccccc2F)n1-c1ccccc1. The second-order valence-corrected chi connectivity index (χ2v) is 6.84. The number of nitrogens with zero attached hydrogens (tertiary/aromatic N) is 3. The molecule has 140 valence electrons. The molecule has 1 aromatic heterocycles. The number of aliphatic hydroxyl groups excluding tert-OH is 1. The van der Waals surface area contributed by atoms with Crippen LogP contribution in [0.2, 0.25) is 0 Å². The minimum atomic E-state index is -0.395. The highest BCUT2D eigenvalue weighted by molar-refractivity contribution is 7.99. The molecule has 0 saturated carbocycles. The molecule has 2 N–H and O–H groups in total. The van der Waals surface area contributed by atoms with E-state index in [1.807, 2.05) is 30.3 Å². The molecule has 1 heterocycles. The molecule has 0 aliphatic carbocycles. The van der Waals surface area contributed by atoms with Crippen molar-refractivity contribution < 1.29 is 14.3 Å². The van der Waals surface area contributed by atoms with Gasteiger partial charge >= 0.3 is 0 Å². The van der Waals surface area contributed by atoms with Gasteiger partial charge in [0.25, 0.3) is 0 Å². The number of nitrogens with one attached hydrogen (secondary N) is 1. The smallest absolute Gasteiger partial charge is 0.230 e. The molecule has 0 aliphatic heterocycles. The van der Waals surface area contributed by atoms with E-state index >= 15 is 0 Å². The van der Waals surface area contributed by atoms with Crippen LogP contribution in [0.15, 0.2) is 59.8 Å². The highest BCUT2D eigenvalue weighted by Gasteiger charge is 2.19. The minimum Gasteiger partial charge on any atom is -0.394 e. The molecule has 27 heavy (non-hydrogen) atoms. The van der Waals surface area contributed by atoms with Crippen LogP contribution in [0.25, 0.3) is 17.1 Å². The van der Waals surface area contributed by atoms with Crippen molar-refractivity contribution in [2.45, 2.75) is 18.1 Å². The average Bonchev–Trinajstić information content (AvgIpc) is 3.11. The Hall–Kier alpha value is -2.71. The number of thioether (sulfide) groups is 1. The maximum atomic E-state index is 14.3. The third-order valence-corrected chi connectivity index (χ3v) is 4.71. The zero-order valence-electron chi connectivity index (χ0n) is 14.7. The van der Waals surface area contributed by atoms with Crippen molar-refractivity contribution in [2.24, 2.45) is 0 Å². The summed E-state index contributed by atoms with van der Waals surface area (Å²) in [6, 6.07) is 15.4. The fraction of sp³-hybridized carbons (Fsp3) is 0.211. The Kier molecular flexibility index (Phi) is 6.20. The fourth-order valence-corrected chi connectivity index (χ4v) is 3.25. The zero-order chi connectivity index (χ0) is 19.2. The number of benzene rings is 2. The van der Waals surface area contributed by atoms with Crippen LogP contribution in [-0.2, 0) is 4.79 Å². The topological polar surface area (TPSA) is 80.0 Å². The first kappa shape index (κ1) is 19.1. The van der Waals surface area contributed by atoms with Crippen LogP contribution in [0.5, 0.6) is 0 Å². The predicted octanol–water partition coefficient (Wildman–Crippen LogP) is 2.66. The van der Waals surface area contributed by atoms with Gasteiger partial charge in [-0.05, 0) is 31.2 Å². The number of aromatic nitrogens is 3. The van der Waals surface area contributed by atoms with E-state index in [9.17, 15) is 9.18 Å². The van der Waals surface area contributed by atoms with Gasteiger partial charge in [0.2, 0.25) is 5.91 Å². The van der Waals surface area contributed by atoms with Crippen molar-refractivity contribution >= 4 is 17.7 Å². The van der Waals surface area contributed by atoms with Crippen molar-refractivity contribution in [3.05, 3.63) is 60.4 Å². The molecule has 0 fully saturated rings. The van der Waals surface area contributed by atoms with Crippen LogP contribution in [0.3, 0.4) is 0 Å². The van der Waals surface area contributed by atoms with Gasteiger partial charge in [0, 0.05) is 11.7 Å². The van der Waals surface area contributed by atoms with Crippen molar-refractivity contribution in [3.63, 3.8) is 0 Å². The van der Waals surface area contributed by atoms with E-state index in [0.29, 0.717) is 16.5 Å². The maximum Gasteiger partial charge on any atom is 0.230 e. The Labute approximate surface area is 160 Å². The van der Waals surface area contributed by atoms with Crippen molar-refractivity contribution in [1.82, 2.24) is 20.1 Å². The van der Waals surface area contributed by atoms with E-state index in [2.05, 4.69) is 15.5 Å². The van der Waals surface area contributed by atoms with E-state index in [4.69, 9.17) is 5.11 Å². The molecule has 0 saturated heterocycles. The highest BCUT2D eigenvalue weighted by Crippen LogP contribution is 2.29. The number of para-hydroxylation sites is 1. The third kappa shape index (κ3) is 4.53. The molecule has 3 aromatic rings.